The van der Waals surface area contributed by atoms with Crippen molar-refractivity contribution in [3.63, 3.8) is 0 Å². The van der Waals surface area contributed by atoms with Gasteiger partial charge in [-0.3, -0.25) is 9.59 Å². The minimum atomic E-state index is -0.563. The summed E-state index contributed by atoms with van der Waals surface area (Å²) in [6, 6.07) is 8.11. The summed E-state index contributed by atoms with van der Waals surface area (Å²) >= 11 is 0. The molecule has 1 fully saturated rings. The maximum absolute atomic E-state index is 12.6. The molecule has 19 heavy (non-hydrogen) atoms. The third-order valence-electron chi connectivity index (χ3n) is 4.87. The fraction of sp³-hybridized carbons (Fsp3) is 0.176. The summed E-state index contributed by atoms with van der Waals surface area (Å²) in [5.74, 6) is 0.365. The van der Waals surface area contributed by atoms with Crippen LogP contribution >= 0.6 is 0 Å². The zero-order chi connectivity index (χ0) is 12.8. The number of rotatable bonds is 0. The summed E-state index contributed by atoms with van der Waals surface area (Å²) < 4.78 is 0. The third kappa shape index (κ3) is 0.760. The molecule has 90 valence electrons. The predicted octanol–water partition coefficient (Wildman–Crippen LogP) is 2.20. The molecule has 1 aromatic rings. The zero-order valence-electron chi connectivity index (χ0n) is 10.2. The SMILES string of the molecule is O=C1CC=C2C(=O)C34C(=CCc5ccccc53)C1=C24. The Labute approximate surface area is 110 Å². The van der Waals surface area contributed by atoms with Crippen molar-refractivity contribution >= 4 is 11.6 Å². The summed E-state index contributed by atoms with van der Waals surface area (Å²) in [6.45, 7) is 0. The van der Waals surface area contributed by atoms with Crippen LogP contribution < -0.4 is 0 Å². The average Bonchev–Trinajstić information content (AvgIpc) is 2.42. The van der Waals surface area contributed by atoms with E-state index < -0.39 is 5.41 Å². The van der Waals surface area contributed by atoms with Crippen molar-refractivity contribution in [2.24, 2.45) is 0 Å². The molecule has 0 amide bonds. The second kappa shape index (κ2) is 2.69. The number of fused-ring (bicyclic) bond motifs is 2. The second-order valence-electron chi connectivity index (χ2n) is 5.55. The van der Waals surface area contributed by atoms with Crippen molar-refractivity contribution in [3.05, 3.63) is 69.8 Å². The fourth-order valence-electron chi connectivity index (χ4n) is 4.12. The normalized spacial score (nSPS) is 29.5. The minimum absolute atomic E-state index is 0.174. The van der Waals surface area contributed by atoms with Gasteiger partial charge in [-0.2, -0.15) is 0 Å². The van der Waals surface area contributed by atoms with Gasteiger partial charge in [0.1, 0.15) is 5.41 Å². The number of Topliss-reactive ketones (excluding diaryl/α,β-unsaturated/α-hetero) is 2. The molecule has 0 bridgehead atoms. The van der Waals surface area contributed by atoms with Crippen molar-refractivity contribution in [1.82, 2.24) is 0 Å². The van der Waals surface area contributed by atoms with E-state index >= 15 is 0 Å². The molecule has 0 N–H and O–H groups in total. The molecule has 0 aromatic heterocycles. The number of carbonyl (C=O) groups is 2. The minimum Gasteiger partial charge on any atom is -0.294 e. The number of allylic oxidation sites excluding steroid dienone is 6. The monoisotopic (exact) mass is 246 g/mol. The highest BCUT2D eigenvalue weighted by atomic mass is 16.1. The first-order valence-corrected chi connectivity index (χ1v) is 6.59. The fourth-order valence-corrected chi connectivity index (χ4v) is 4.12. The van der Waals surface area contributed by atoms with Gasteiger partial charge in [-0.25, -0.2) is 0 Å². The molecule has 1 spiro atoms. The number of hydrogen-bond donors (Lipinski definition) is 0. The van der Waals surface area contributed by atoms with E-state index in [4.69, 9.17) is 0 Å². The van der Waals surface area contributed by atoms with Crippen LogP contribution in [-0.2, 0) is 21.4 Å². The molecule has 0 aliphatic heterocycles. The van der Waals surface area contributed by atoms with Gasteiger partial charge >= 0.3 is 0 Å². The predicted molar refractivity (Wildman–Crippen MR) is 69.6 cm³/mol. The van der Waals surface area contributed by atoms with Gasteiger partial charge in [-0.15, -0.1) is 0 Å². The van der Waals surface area contributed by atoms with E-state index in [9.17, 15) is 9.59 Å². The summed E-state index contributed by atoms with van der Waals surface area (Å²) in [4.78, 5) is 24.6. The van der Waals surface area contributed by atoms with Crippen molar-refractivity contribution in [1.29, 1.82) is 0 Å². The van der Waals surface area contributed by atoms with Gasteiger partial charge in [-0.05, 0) is 28.7 Å². The lowest BCUT2D eigenvalue weighted by Crippen LogP contribution is -2.61. The van der Waals surface area contributed by atoms with Gasteiger partial charge in [0.25, 0.3) is 0 Å². The quantitative estimate of drug-likeness (QED) is 0.703. The Kier molecular flexibility index (Phi) is 1.37. The largest absolute Gasteiger partial charge is 0.294 e. The van der Waals surface area contributed by atoms with Gasteiger partial charge in [0.2, 0.25) is 0 Å². The number of benzene rings is 1. The highest BCUT2D eigenvalue weighted by molar-refractivity contribution is 6.32. The Morgan fingerprint density at radius 3 is 2.74 bits per heavy atom. The highest BCUT2D eigenvalue weighted by Gasteiger charge is 2.69. The van der Waals surface area contributed by atoms with E-state index in [-0.39, 0.29) is 11.6 Å². The molecule has 0 saturated heterocycles. The topological polar surface area (TPSA) is 34.1 Å². The highest BCUT2D eigenvalue weighted by Crippen LogP contribution is 2.67. The van der Waals surface area contributed by atoms with Crippen LogP contribution in [0.1, 0.15) is 17.5 Å². The van der Waals surface area contributed by atoms with Crippen molar-refractivity contribution in [2.45, 2.75) is 18.3 Å². The molecular weight excluding hydrogens is 236 g/mol. The molecule has 1 atom stereocenters. The zero-order valence-corrected chi connectivity index (χ0v) is 10.2. The summed E-state index contributed by atoms with van der Waals surface area (Å²) in [5.41, 5.74) is 5.37. The molecule has 1 aromatic carbocycles. The van der Waals surface area contributed by atoms with E-state index in [0.717, 1.165) is 34.3 Å². The van der Waals surface area contributed by atoms with Crippen molar-refractivity contribution in [2.75, 3.05) is 0 Å². The molecular formula is C17H10O2. The number of hydrogen-bond acceptors (Lipinski definition) is 2. The molecule has 0 radical (unpaired) electrons. The Morgan fingerprint density at radius 1 is 1.00 bits per heavy atom. The van der Waals surface area contributed by atoms with E-state index in [2.05, 4.69) is 12.1 Å². The van der Waals surface area contributed by atoms with Crippen LogP contribution in [0.5, 0.6) is 0 Å². The molecule has 0 heterocycles. The maximum Gasteiger partial charge on any atom is 0.182 e. The lowest BCUT2D eigenvalue weighted by atomic mass is 9.40. The first kappa shape index (κ1) is 9.68. The van der Waals surface area contributed by atoms with Crippen LogP contribution in [0.15, 0.2) is 58.7 Å². The van der Waals surface area contributed by atoms with E-state index in [1.165, 1.54) is 5.56 Å². The van der Waals surface area contributed by atoms with E-state index in [0.29, 0.717) is 6.42 Å². The molecule has 1 saturated carbocycles. The van der Waals surface area contributed by atoms with Crippen LogP contribution in [0.2, 0.25) is 0 Å². The lowest BCUT2D eigenvalue weighted by Gasteiger charge is -2.58. The smallest absolute Gasteiger partial charge is 0.182 e. The average molecular weight is 246 g/mol. The Bertz CT molecular complexity index is 804. The van der Waals surface area contributed by atoms with E-state index in [1.807, 2.05) is 24.3 Å². The van der Waals surface area contributed by atoms with Gasteiger partial charge < -0.3 is 0 Å². The summed E-state index contributed by atoms with van der Waals surface area (Å²) in [6.07, 6.45) is 5.10. The van der Waals surface area contributed by atoms with Crippen LogP contribution in [0.4, 0.5) is 0 Å². The number of ketones is 2. The van der Waals surface area contributed by atoms with Crippen LogP contribution in [-0.4, -0.2) is 11.6 Å². The van der Waals surface area contributed by atoms with Crippen molar-refractivity contribution in [3.8, 4) is 0 Å². The Hall–Kier alpha value is -2.22. The van der Waals surface area contributed by atoms with Crippen LogP contribution in [0.3, 0.4) is 0 Å². The molecule has 5 rings (SSSR count). The molecule has 4 aliphatic carbocycles. The molecule has 4 aliphatic rings. The third-order valence-corrected chi connectivity index (χ3v) is 4.87. The Balaban J connectivity index is 1.89. The molecule has 2 heteroatoms. The molecule has 2 nitrogen and oxygen atoms in total. The standard InChI is InChI=1S/C17H10O2/c18-13-8-6-10-15-14(13)12-7-5-9-3-1-2-4-11(9)17(12,15)16(10)19/h1-4,6-7H,5,8H2. The second-order valence-corrected chi connectivity index (χ2v) is 5.55. The Morgan fingerprint density at radius 2 is 1.84 bits per heavy atom. The van der Waals surface area contributed by atoms with E-state index in [1.54, 1.807) is 0 Å². The first-order chi connectivity index (χ1) is 9.26. The van der Waals surface area contributed by atoms with Gasteiger partial charge in [0.15, 0.2) is 11.6 Å². The van der Waals surface area contributed by atoms with Gasteiger partial charge in [-0.1, -0.05) is 36.4 Å². The lowest BCUT2D eigenvalue weighted by molar-refractivity contribution is -0.123. The maximum atomic E-state index is 12.6. The van der Waals surface area contributed by atoms with Crippen LogP contribution in [0, 0.1) is 0 Å². The summed E-state index contributed by atoms with van der Waals surface area (Å²) in [5, 5.41) is 0. The number of carbonyl (C=O) groups excluding carboxylic acids is 2. The van der Waals surface area contributed by atoms with Crippen molar-refractivity contribution < 1.29 is 9.59 Å². The van der Waals surface area contributed by atoms with Gasteiger partial charge in [0.05, 0.1) is 0 Å². The summed E-state index contributed by atoms with van der Waals surface area (Å²) in [7, 11) is 0. The van der Waals surface area contributed by atoms with Crippen LogP contribution in [0.25, 0.3) is 0 Å². The first-order valence-electron chi connectivity index (χ1n) is 6.59. The molecule has 1 unspecified atom stereocenters. The van der Waals surface area contributed by atoms with Gasteiger partial charge in [0, 0.05) is 17.6 Å².